The van der Waals surface area contributed by atoms with Crippen LogP contribution in [0.2, 0.25) is 5.15 Å². The summed E-state index contributed by atoms with van der Waals surface area (Å²) in [6.45, 7) is 2.67. The van der Waals surface area contributed by atoms with Crippen molar-refractivity contribution in [3.63, 3.8) is 0 Å². The summed E-state index contributed by atoms with van der Waals surface area (Å²) in [5.74, 6) is 0.0114. The zero-order valence-electron chi connectivity index (χ0n) is 13.7. The number of nitrogens with one attached hydrogen (secondary N) is 1. The summed E-state index contributed by atoms with van der Waals surface area (Å²) in [6, 6.07) is 10.3. The summed E-state index contributed by atoms with van der Waals surface area (Å²) >= 11 is 5.79. The van der Waals surface area contributed by atoms with Crippen molar-refractivity contribution >= 4 is 29.1 Å². The first-order valence-electron chi connectivity index (χ1n) is 8.07. The van der Waals surface area contributed by atoms with Gasteiger partial charge in [-0.2, -0.15) is 0 Å². The summed E-state index contributed by atoms with van der Waals surface area (Å²) in [6.07, 6.45) is 1.49. The van der Waals surface area contributed by atoms with Gasteiger partial charge in [-0.1, -0.05) is 30.7 Å². The average Bonchev–Trinajstić information content (AvgIpc) is 2.65. The van der Waals surface area contributed by atoms with Crippen molar-refractivity contribution in [2.24, 2.45) is 0 Å². The highest BCUT2D eigenvalue weighted by atomic mass is 35.5. The van der Waals surface area contributed by atoms with Crippen molar-refractivity contribution in [3.8, 4) is 5.75 Å². The zero-order valence-corrected chi connectivity index (χ0v) is 14.5. The number of hydrogen-bond donors (Lipinski definition) is 1. The van der Waals surface area contributed by atoms with Gasteiger partial charge in [0, 0.05) is 12.7 Å². The number of hydrogen-bond acceptors (Lipinski definition) is 4. The molecule has 1 aromatic carbocycles. The molecular formula is C18H18ClN3O3. The molecular weight excluding hydrogens is 342 g/mol. The third-order valence-corrected chi connectivity index (χ3v) is 4.06. The number of halogens is 1. The fourth-order valence-corrected chi connectivity index (χ4v) is 2.70. The van der Waals surface area contributed by atoms with Crippen molar-refractivity contribution in [2.45, 2.75) is 19.4 Å². The van der Waals surface area contributed by atoms with Gasteiger partial charge in [-0.3, -0.25) is 9.59 Å². The number of anilines is 1. The minimum absolute atomic E-state index is 0.133. The van der Waals surface area contributed by atoms with E-state index in [9.17, 15) is 9.59 Å². The Balaban J connectivity index is 1.89. The zero-order chi connectivity index (χ0) is 17.8. The predicted octanol–water partition coefficient (Wildman–Crippen LogP) is 2.67. The maximum atomic E-state index is 12.9. The minimum atomic E-state index is -0.759. The lowest BCUT2D eigenvalue weighted by atomic mass is 10.1. The molecule has 2 aromatic rings. The maximum Gasteiger partial charge on any atom is 0.262 e. The van der Waals surface area contributed by atoms with Crippen LogP contribution in [0.5, 0.6) is 5.75 Å². The smallest absolute Gasteiger partial charge is 0.262 e. The number of para-hydroxylation sites is 2. The van der Waals surface area contributed by atoms with Crippen LogP contribution in [-0.2, 0) is 4.79 Å². The van der Waals surface area contributed by atoms with Crippen LogP contribution in [0.1, 0.15) is 23.7 Å². The molecule has 1 N–H and O–H groups in total. The van der Waals surface area contributed by atoms with E-state index in [1.54, 1.807) is 35.2 Å². The molecule has 1 aliphatic rings. The Morgan fingerprint density at radius 3 is 2.84 bits per heavy atom. The van der Waals surface area contributed by atoms with E-state index in [0.29, 0.717) is 28.7 Å². The fourth-order valence-electron chi connectivity index (χ4n) is 2.58. The second kappa shape index (κ2) is 7.53. The third-order valence-electron chi connectivity index (χ3n) is 3.83. The van der Waals surface area contributed by atoms with Gasteiger partial charge in [0.15, 0.2) is 6.10 Å². The van der Waals surface area contributed by atoms with Crippen molar-refractivity contribution in [3.05, 3.63) is 53.3 Å². The molecule has 7 heteroatoms. The number of benzene rings is 1. The molecule has 0 unspecified atom stereocenters. The largest absolute Gasteiger partial charge is 0.477 e. The van der Waals surface area contributed by atoms with Crippen LogP contribution in [0, 0.1) is 0 Å². The third kappa shape index (κ3) is 3.74. The van der Waals surface area contributed by atoms with E-state index in [1.165, 1.54) is 6.20 Å². The van der Waals surface area contributed by atoms with Gasteiger partial charge in [0.25, 0.3) is 11.8 Å². The Morgan fingerprint density at radius 2 is 2.12 bits per heavy atom. The first-order valence-corrected chi connectivity index (χ1v) is 8.44. The predicted molar refractivity (Wildman–Crippen MR) is 95.1 cm³/mol. The van der Waals surface area contributed by atoms with Crippen LogP contribution < -0.4 is 15.0 Å². The fraction of sp³-hybridized carbons (Fsp3) is 0.278. The molecule has 1 atom stereocenters. The molecule has 6 nitrogen and oxygen atoms in total. The second-order valence-electron chi connectivity index (χ2n) is 5.65. The van der Waals surface area contributed by atoms with Crippen molar-refractivity contribution < 1.29 is 14.3 Å². The normalized spacial score (nSPS) is 15.9. The van der Waals surface area contributed by atoms with E-state index in [0.717, 1.165) is 6.42 Å². The summed E-state index contributed by atoms with van der Waals surface area (Å²) in [7, 11) is 0. The first-order chi connectivity index (χ1) is 12.1. The highest BCUT2D eigenvalue weighted by Crippen LogP contribution is 2.34. The molecule has 130 valence electrons. The van der Waals surface area contributed by atoms with Gasteiger partial charge in [-0.25, -0.2) is 4.98 Å². The molecule has 0 radical (unpaired) electrons. The number of aromatic nitrogens is 1. The number of rotatable bonds is 4. The van der Waals surface area contributed by atoms with Gasteiger partial charge in [0.1, 0.15) is 10.9 Å². The topological polar surface area (TPSA) is 71.5 Å². The Kier molecular flexibility index (Phi) is 5.19. The van der Waals surface area contributed by atoms with Crippen LogP contribution in [0.25, 0.3) is 0 Å². The summed E-state index contributed by atoms with van der Waals surface area (Å²) in [5, 5.41) is 3.12. The van der Waals surface area contributed by atoms with Gasteiger partial charge in [0.2, 0.25) is 0 Å². The van der Waals surface area contributed by atoms with Crippen LogP contribution >= 0.6 is 11.6 Å². The van der Waals surface area contributed by atoms with Crippen LogP contribution in [-0.4, -0.2) is 36.0 Å². The standard InChI is InChI=1S/C18H18ClN3O3/c1-2-9-20-17(23)15-11-22(13-5-3-4-6-14(13)25-15)18(24)12-7-8-16(19)21-10-12/h3-8,10,15H,2,9,11H2,1H3,(H,20,23)/t15-/m0/s1. The van der Waals surface area contributed by atoms with E-state index in [2.05, 4.69) is 10.3 Å². The molecule has 25 heavy (non-hydrogen) atoms. The molecule has 3 rings (SSSR count). The average molecular weight is 360 g/mol. The molecule has 0 bridgehead atoms. The Bertz CT molecular complexity index is 779. The van der Waals surface area contributed by atoms with Crippen molar-refractivity contribution in [1.82, 2.24) is 10.3 Å². The van der Waals surface area contributed by atoms with Crippen LogP contribution in [0.15, 0.2) is 42.6 Å². The number of carbonyl (C=O) groups is 2. The number of nitrogens with zero attached hydrogens (tertiary/aromatic N) is 2. The number of pyridine rings is 1. The van der Waals surface area contributed by atoms with Gasteiger partial charge >= 0.3 is 0 Å². The number of carbonyl (C=O) groups excluding carboxylic acids is 2. The quantitative estimate of drug-likeness (QED) is 0.852. The Labute approximate surface area is 150 Å². The second-order valence-corrected chi connectivity index (χ2v) is 6.04. The van der Waals surface area contributed by atoms with Crippen LogP contribution in [0.4, 0.5) is 5.69 Å². The molecule has 0 saturated carbocycles. The summed E-state index contributed by atoms with van der Waals surface area (Å²) in [4.78, 5) is 30.7. The summed E-state index contributed by atoms with van der Waals surface area (Å²) < 4.78 is 5.78. The van der Waals surface area contributed by atoms with E-state index in [-0.39, 0.29) is 18.4 Å². The molecule has 1 aromatic heterocycles. The van der Waals surface area contributed by atoms with Crippen LogP contribution in [0.3, 0.4) is 0 Å². The monoisotopic (exact) mass is 359 g/mol. The molecule has 0 fully saturated rings. The summed E-state index contributed by atoms with van der Waals surface area (Å²) in [5.41, 5.74) is 1.02. The van der Waals surface area contributed by atoms with Gasteiger partial charge < -0.3 is 15.0 Å². The van der Waals surface area contributed by atoms with E-state index >= 15 is 0 Å². The Hall–Kier alpha value is -2.60. The number of fused-ring (bicyclic) bond motifs is 1. The highest BCUT2D eigenvalue weighted by molar-refractivity contribution is 6.29. The molecule has 2 amide bonds. The highest BCUT2D eigenvalue weighted by Gasteiger charge is 2.34. The van der Waals surface area contributed by atoms with Gasteiger partial charge in [0.05, 0.1) is 17.8 Å². The maximum absolute atomic E-state index is 12.9. The van der Waals surface area contributed by atoms with Gasteiger partial charge in [-0.15, -0.1) is 0 Å². The van der Waals surface area contributed by atoms with E-state index in [1.807, 2.05) is 13.0 Å². The number of ether oxygens (including phenoxy) is 1. The SMILES string of the molecule is CCCNC(=O)[C@@H]1CN(C(=O)c2ccc(Cl)nc2)c2ccccc2O1. The van der Waals surface area contributed by atoms with Crippen molar-refractivity contribution in [2.75, 3.05) is 18.0 Å². The minimum Gasteiger partial charge on any atom is -0.477 e. The lowest BCUT2D eigenvalue weighted by Crippen LogP contribution is -2.50. The molecule has 0 spiro atoms. The molecule has 0 saturated heterocycles. The first kappa shape index (κ1) is 17.2. The van der Waals surface area contributed by atoms with Gasteiger partial charge in [-0.05, 0) is 30.7 Å². The number of amides is 2. The molecule has 0 aliphatic carbocycles. The lowest BCUT2D eigenvalue weighted by Gasteiger charge is -2.34. The Morgan fingerprint density at radius 1 is 1.32 bits per heavy atom. The van der Waals surface area contributed by atoms with E-state index in [4.69, 9.17) is 16.3 Å². The molecule has 1 aliphatic heterocycles. The lowest BCUT2D eigenvalue weighted by molar-refractivity contribution is -0.127. The molecule has 2 heterocycles. The van der Waals surface area contributed by atoms with Crippen molar-refractivity contribution in [1.29, 1.82) is 0 Å². The van der Waals surface area contributed by atoms with E-state index < -0.39 is 6.10 Å².